The Kier molecular flexibility index (Phi) is 3.31. The molecule has 0 saturated carbocycles. The van der Waals surface area contributed by atoms with Crippen molar-refractivity contribution in [3.8, 4) is 23.0 Å². The van der Waals surface area contributed by atoms with Crippen molar-refractivity contribution in [1.29, 1.82) is 0 Å². The van der Waals surface area contributed by atoms with Crippen LogP contribution in [0.4, 0.5) is 0 Å². The molecule has 0 bridgehead atoms. The van der Waals surface area contributed by atoms with E-state index in [9.17, 15) is 0 Å². The zero-order chi connectivity index (χ0) is 15.6. The molecule has 0 aliphatic rings. The molecule has 0 atom stereocenters. The zero-order valence-electron chi connectivity index (χ0n) is 12.7. The van der Waals surface area contributed by atoms with E-state index in [4.69, 9.17) is 9.15 Å². The first kappa shape index (κ1) is 13.6. The molecule has 0 radical (unpaired) electrons. The second-order valence-electron chi connectivity index (χ2n) is 5.40. The number of furan rings is 1. The number of ether oxygens (including phenoxy) is 1. The molecular weight excluding hydrogens is 286 g/mol. The lowest BCUT2D eigenvalue weighted by Gasteiger charge is -2.07. The third-order valence-corrected chi connectivity index (χ3v) is 3.70. The predicted molar refractivity (Wildman–Crippen MR) is 90.7 cm³/mol. The van der Waals surface area contributed by atoms with Crippen LogP contribution in [0.25, 0.3) is 22.1 Å². The van der Waals surface area contributed by atoms with Crippen molar-refractivity contribution in [2.24, 2.45) is 0 Å². The van der Waals surface area contributed by atoms with E-state index < -0.39 is 0 Å². The Morgan fingerprint density at radius 3 is 2.57 bits per heavy atom. The second-order valence-corrected chi connectivity index (χ2v) is 5.40. The largest absolute Gasteiger partial charge is 0.461 e. The van der Waals surface area contributed by atoms with Gasteiger partial charge in [-0.2, -0.15) is 0 Å². The van der Waals surface area contributed by atoms with E-state index in [-0.39, 0.29) is 0 Å². The lowest BCUT2D eigenvalue weighted by Crippen LogP contribution is -1.87. The summed E-state index contributed by atoms with van der Waals surface area (Å²) in [6, 6.07) is 21.9. The van der Waals surface area contributed by atoms with E-state index in [1.807, 2.05) is 55.5 Å². The van der Waals surface area contributed by atoms with Gasteiger partial charge in [0.2, 0.25) is 5.88 Å². The number of hydrogen-bond donors (Lipinski definition) is 0. The lowest BCUT2D eigenvalue weighted by molar-refractivity contribution is 0.463. The van der Waals surface area contributed by atoms with Crippen LogP contribution >= 0.6 is 0 Å². The molecule has 0 N–H and O–H groups in total. The fourth-order valence-electron chi connectivity index (χ4n) is 2.56. The number of aryl methyl sites for hydroxylation is 1. The summed E-state index contributed by atoms with van der Waals surface area (Å²) >= 11 is 0. The van der Waals surface area contributed by atoms with Crippen LogP contribution in [0.5, 0.6) is 11.6 Å². The first-order chi connectivity index (χ1) is 11.3. The van der Waals surface area contributed by atoms with Crippen LogP contribution in [0.1, 0.15) is 5.76 Å². The average molecular weight is 301 g/mol. The zero-order valence-corrected chi connectivity index (χ0v) is 12.7. The molecule has 0 unspecified atom stereocenters. The smallest absolute Gasteiger partial charge is 0.219 e. The molecule has 0 spiro atoms. The molecule has 2 aromatic carbocycles. The van der Waals surface area contributed by atoms with Gasteiger partial charge in [-0.05, 0) is 54.1 Å². The summed E-state index contributed by atoms with van der Waals surface area (Å²) in [4.78, 5) is 4.18. The van der Waals surface area contributed by atoms with Crippen molar-refractivity contribution in [1.82, 2.24) is 4.98 Å². The minimum absolute atomic E-state index is 0.588. The lowest BCUT2D eigenvalue weighted by atomic mass is 10.1. The van der Waals surface area contributed by atoms with Gasteiger partial charge in [-0.25, -0.2) is 4.98 Å². The van der Waals surface area contributed by atoms with E-state index in [0.717, 1.165) is 33.6 Å². The minimum atomic E-state index is 0.588. The monoisotopic (exact) mass is 301 g/mol. The number of benzene rings is 2. The molecule has 3 heteroatoms. The number of pyridine rings is 1. The molecule has 0 fully saturated rings. The Morgan fingerprint density at radius 1 is 0.870 bits per heavy atom. The normalized spacial score (nSPS) is 10.8. The third-order valence-electron chi connectivity index (χ3n) is 3.70. The van der Waals surface area contributed by atoms with Crippen molar-refractivity contribution in [3.05, 3.63) is 78.7 Å². The Bertz CT molecular complexity index is 958. The van der Waals surface area contributed by atoms with Gasteiger partial charge in [0.15, 0.2) is 0 Å². The number of rotatable bonds is 3. The number of aromatic nitrogens is 1. The summed E-state index contributed by atoms with van der Waals surface area (Å²) < 4.78 is 11.5. The van der Waals surface area contributed by atoms with Gasteiger partial charge >= 0.3 is 0 Å². The van der Waals surface area contributed by atoms with Gasteiger partial charge in [0.25, 0.3) is 0 Å². The molecule has 0 saturated heterocycles. The highest BCUT2D eigenvalue weighted by Gasteiger charge is 2.05. The van der Waals surface area contributed by atoms with Crippen LogP contribution in [0.15, 0.2) is 77.3 Å². The summed E-state index contributed by atoms with van der Waals surface area (Å²) in [7, 11) is 0. The maximum Gasteiger partial charge on any atom is 0.219 e. The van der Waals surface area contributed by atoms with Gasteiger partial charge in [-0.1, -0.05) is 24.3 Å². The number of nitrogens with zero attached hydrogens (tertiary/aromatic N) is 1. The summed E-state index contributed by atoms with van der Waals surface area (Å²) in [6.45, 7) is 1.95. The maximum atomic E-state index is 5.80. The molecule has 4 aromatic rings. The van der Waals surface area contributed by atoms with E-state index in [2.05, 4.69) is 23.2 Å². The van der Waals surface area contributed by atoms with Gasteiger partial charge in [-0.3, -0.25) is 0 Å². The summed E-state index contributed by atoms with van der Waals surface area (Å²) in [6.07, 6.45) is 1.72. The minimum Gasteiger partial charge on any atom is -0.461 e. The summed E-state index contributed by atoms with van der Waals surface area (Å²) in [5, 5.41) is 2.26. The van der Waals surface area contributed by atoms with Gasteiger partial charge in [0, 0.05) is 17.8 Å². The van der Waals surface area contributed by atoms with Gasteiger partial charge in [-0.15, -0.1) is 0 Å². The molecule has 0 aliphatic heterocycles. The van der Waals surface area contributed by atoms with Crippen molar-refractivity contribution < 1.29 is 9.15 Å². The average Bonchev–Trinajstić information content (AvgIpc) is 3.02. The molecule has 23 heavy (non-hydrogen) atoms. The van der Waals surface area contributed by atoms with E-state index in [0.29, 0.717) is 5.88 Å². The third kappa shape index (κ3) is 2.81. The van der Waals surface area contributed by atoms with Crippen molar-refractivity contribution in [3.63, 3.8) is 0 Å². The van der Waals surface area contributed by atoms with Crippen LogP contribution in [0, 0.1) is 6.92 Å². The fraction of sp³-hybridized carbons (Fsp3) is 0.0500. The molecular formula is C20H15NO2. The standard InChI is InChI=1S/C20H15NO2/c1-14-5-10-19(22-14)16-7-6-15-8-9-18(13-17(15)12-16)23-20-4-2-3-11-21-20/h2-13H,1H3. The molecule has 112 valence electrons. The summed E-state index contributed by atoms with van der Waals surface area (Å²) in [5.74, 6) is 3.14. The Balaban J connectivity index is 1.72. The Hall–Kier alpha value is -3.07. The first-order valence-corrected chi connectivity index (χ1v) is 7.47. The first-order valence-electron chi connectivity index (χ1n) is 7.47. The van der Waals surface area contributed by atoms with E-state index >= 15 is 0 Å². The quantitative estimate of drug-likeness (QED) is 0.494. The molecule has 0 amide bonds. The van der Waals surface area contributed by atoms with E-state index in [1.165, 1.54) is 0 Å². The molecule has 2 heterocycles. The predicted octanol–water partition coefficient (Wildman–Crippen LogP) is 5.60. The highest BCUT2D eigenvalue weighted by molar-refractivity contribution is 5.87. The second kappa shape index (κ2) is 5.61. The highest BCUT2D eigenvalue weighted by Crippen LogP contribution is 2.29. The van der Waals surface area contributed by atoms with Crippen LogP contribution in [-0.2, 0) is 0 Å². The Morgan fingerprint density at radius 2 is 1.78 bits per heavy atom. The fourth-order valence-corrected chi connectivity index (χ4v) is 2.56. The van der Waals surface area contributed by atoms with Crippen LogP contribution < -0.4 is 4.74 Å². The molecule has 3 nitrogen and oxygen atoms in total. The maximum absolute atomic E-state index is 5.80. The van der Waals surface area contributed by atoms with Gasteiger partial charge in [0.05, 0.1) is 0 Å². The SMILES string of the molecule is Cc1ccc(-c2ccc3ccc(Oc4ccccn4)cc3c2)o1. The topological polar surface area (TPSA) is 35.3 Å². The number of fused-ring (bicyclic) bond motifs is 1. The Labute approximate surface area is 134 Å². The van der Waals surface area contributed by atoms with Crippen LogP contribution in [0.3, 0.4) is 0 Å². The molecule has 2 aromatic heterocycles. The van der Waals surface area contributed by atoms with Gasteiger partial charge < -0.3 is 9.15 Å². The molecule has 0 aliphatic carbocycles. The van der Waals surface area contributed by atoms with Crippen molar-refractivity contribution in [2.75, 3.05) is 0 Å². The molecule has 4 rings (SSSR count). The van der Waals surface area contributed by atoms with Gasteiger partial charge in [0.1, 0.15) is 17.3 Å². The van der Waals surface area contributed by atoms with Crippen LogP contribution in [0.2, 0.25) is 0 Å². The van der Waals surface area contributed by atoms with E-state index in [1.54, 1.807) is 6.20 Å². The summed E-state index contributed by atoms with van der Waals surface area (Å²) in [5.41, 5.74) is 1.06. The highest BCUT2D eigenvalue weighted by atomic mass is 16.5. The van der Waals surface area contributed by atoms with Crippen molar-refractivity contribution >= 4 is 10.8 Å². The number of hydrogen-bond acceptors (Lipinski definition) is 3. The van der Waals surface area contributed by atoms with Crippen LogP contribution in [-0.4, -0.2) is 4.98 Å². The van der Waals surface area contributed by atoms with Crippen molar-refractivity contribution in [2.45, 2.75) is 6.92 Å².